The van der Waals surface area contributed by atoms with Crippen LogP contribution in [0.3, 0.4) is 0 Å². The van der Waals surface area contributed by atoms with Crippen molar-refractivity contribution in [2.75, 3.05) is 0 Å². The van der Waals surface area contributed by atoms with E-state index in [9.17, 15) is 0 Å². The molecule has 0 amide bonds. The molecule has 0 nitrogen and oxygen atoms in total. The summed E-state index contributed by atoms with van der Waals surface area (Å²) in [6.45, 7) is 2.26. The highest BCUT2D eigenvalue weighted by Gasteiger charge is 2.11. The predicted octanol–water partition coefficient (Wildman–Crippen LogP) is 2.38. The molecular formula is C7H11S. The van der Waals surface area contributed by atoms with E-state index >= 15 is 0 Å². The molecule has 1 radical (unpaired) electrons. The van der Waals surface area contributed by atoms with Gasteiger partial charge < -0.3 is 0 Å². The van der Waals surface area contributed by atoms with Gasteiger partial charge in [-0.3, -0.25) is 0 Å². The van der Waals surface area contributed by atoms with Crippen molar-refractivity contribution in [1.82, 2.24) is 0 Å². The van der Waals surface area contributed by atoms with Crippen LogP contribution in [0.5, 0.6) is 0 Å². The second-order valence-corrected chi connectivity index (χ2v) is 3.08. The Bertz CT molecular complexity index is 96.6. The molecule has 1 fully saturated rings. The van der Waals surface area contributed by atoms with Crippen LogP contribution in [0.2, 0.25) is 0 Å². The third-order valence-electron chi connectivity index (χ3n) is 1.58. The molecule has 1 unspecified atom stereocenters. The SMILES string of the molecule is CC1CC[CH]C(=S)C1. The van der Waals surface area contributed by atoms with Crippen molar-refractivity contribution in [2.45, 2.75) is 26.2 Å². The van der Waals surface area contributed by atoms with E-state index < -0.39 is 0 Å². The van der Waals surface area contributed by atoms with Gasteiger partial charge in [-0.25, -0.2) is 0 Å². The molecule has 0 N–H and O–H groups in total. The van der Waals surface area contributed by atoms with Crippen LogP contribution < -0.4 is 0 Å². The van der Waals surface area contributed by atoms with Crippen molar-refractivity contribution in [3.63, 3.8) is 0 Å². The Kier molecular flexibility index (Phi) is 2.01. The van der Waals surface area contributed by atoms with E-state index in [-0.39, 0.29) is 0 Å². The molecule has 0 bridgehead atoms. The van der Waals surface area contributed by atoms with E-state index in [2.05, 4.69) is 13.3 Å². The molecule has 1 atom stereocenters. The lowest BCUT2D eigenvalue weighted by Gasteiger charge is -2.16. The maximum atomic E-state index is 5.03. The molecule has 8 heavy (non-hydrogen) atoms. The summed E-state index contributed by atoms with van der Waals surface area (Å²) < 4.78 is 0. The minimum atomic E-state index is 0.840. The van der Waals surface area contributed by atoms with Gasteiger partial charge in [-0.15, -0.1) is 0 Å². The molecule has 0 aromatic carbocycles. The number of thiocarbonyl (C=S) groups is 1. The maximum Gasteiger partial charge on any atom is -0.00241 e. The van der Waals surface area contributed by atoms with Crippen molar-refractivity contribution >= 4 is 17.1 Å². The first kappa shape index (κ1) is 6.21. The van der Waals surface area contributed by atoms with E-state index in [0.29, 0.717) is 0 Å². The molecule has 0 aromatic rings. The summed E-state index contributed by atoms with van der Waals surface area (Å²) in [6.07, 6.45) is 5.87. The van der Waals surface area contributed by atoms with Crippen LogP contribution in [0.1, 0.15) is 26.2 Å². The van der Waals surface area contributed by atoms with Gasteiger partial charge in [0.15, 0.2) is 0 Å². The molecule has 1 aliphatic carbocycles. The molecular weight excluding hydrogens is 116 g/mol. The highest BCUT2D eigenvalue weighted by molar-refractivity contribution is 7.80. The smallest absolute Gasteiger partial charge is 0.00241 e. The van der Waals surface area contributed by atoms with Crippen molar-refractivity contribution in [2.24, 2.45) is 5.92 Å². The number of rotatable bonds is 0. The second kappa shape index (κ2) is 2.58. The predicted molar refractivity (Wildman–Crippen MR) is 39.9 cm³/mol. The average Bonchev–Trinajstić information content (AvgIpc) is 1.64. The lowest BCUT2D eigenvalue weighted by molar-refractivity contribution is 0.536. The minimum absolute atomic E-state index is 0.840. The summed E-state index contributed by atoms with van der Waals surface area (Å²) in [5, 5.41) is 0. The molecule has 0 spiro atoms. The topological polar surface area (TPSA) is 0 Å². The van der Waals surface area contributed by atoms with Gasteiger partial charge in [-0.2, -0.15) is 0 Å². The molecule has 0 aliphatic heterocycles. The highest BCUT2D eigenvalue weighted by Crippen LogP contribution is 2.20. The third kappa shape index (κ3) is 1.55. The lowest BCUT2D eigenvalue weighted by Crippen LogP contribution is -2.10. The minimum Gasteiger partial charge on any atom is -0.0894 e. The quantitative estimate of drug-likeness (QED) is 0.450. The summed E-state index contributed by atoms with van der Waals surface area (Å²) in [6, 6.07) is 0. The fourth-order valence-corrected chi connectivity index (χ4v) is 1.46. The van der Waals surface area contributed by atoms with Crippen LogP contribution in [0, 0.1) is 12.3 Å². The van der Waals surface area contributed by atoms with E-state index in [1.807, 2.05) is 0 Å². The zero-order valence-corrected chi connectivity index (χ0v) is 6.00. The third-order valence-corrected chi connectivity index (χ3v) is 1.91. The van der Waals surface area contributed by atoms with Crippen molar-refractivity contribution in [1.29, 1.82) is 0 Å². The summed E-state index contributed by atoms with van der Waals surface area (Å²) in [5.74, 6) is 0.840. The summed E-state index contributed by atoms with van der Waals surface area (Å²) >= 11 is 5.03. The second-order valence-electron chi connectivity index (χ2n) is 2.56. The normalized spacial score (nSPS) is 30.6. The van der Waals surface area contributed by atoms with E-state index in [1.165, 1.54) is 17.7 Å². The van der Waals surface area contributed by atoms with Gasteiger partial charge in [0, 0.05) is 0 Å². The van der Waals surface area contributed by atoms with Crippen molar-refractivity contribution in [3.8, 4) is 0 Å². The molecule has 0 saturated heterocycles. The highest BCUT2D eigenvalue weighted by atomic mass is 32.1. The Morgan fingerprint density at radius 3 is 2.88 bits per heavy atom. The lowest BCUT2D eigenvalue weighted by atomic mass is 9.91. The number of hydrogen-bond donors (Lipinski definition) is 0. The van der Waals surface area contributed by atoms with E-state index in [4.69, 9.17) is 12.2 Å². The Morgan fingerprint density at radius 1 is 1.75 bits per heavy atom. The van der Waals surface area contributed by atoms with Crippen molar-refractivity contribution in [3.05, 3.63) is 6.42 Å². The molecule has 45 valence electrons. The molecule has 0 aromatic heterocycles. The Hall–Kier alpha value is 0.0900. The first-order chi connectivity index (χ1) is 3.79. The summed E-state index contributed by atoms with van der Waals surface area (Å²) in [4.78, 5) is 1.17. The zero-order chi connectivity index (χ0) is 5.98. The van der Waals surface area contributed by atoms with Crippen LogP contribution in [0.25, 0.3) is 0 Å². The van der Waals surface area contributed by atoms with Crippen LogP contribution >= 0.6 is 12.2 Å². The number of hydrogen-bond acceptors (Lipinski definition) is 1. The van der Waals surface area contributed by atoms with E-state index in [0.717, 1.165) is 12.3 Å². The standard InChI is InChI=1S/C7H11S/c1-6-3-2-4-7(8)5-6/h4,6H,2-3,5H2,1H3. The molecule has 0 heterocycles. The molecule has 1 heteroatoms. The monoisotopic (exact) mass is 127 g/mol. The Balaban J connectivity index is 2.34. The fraction of sp³-hybridized carbons (Fsp3) is 0.714. The first-order valence-electron chi connectivity index (χ1n) is 3.15. The Labute approximate surface area is 56.3 Å². The Morgan fingerprint density at radius 2 is 2.50 bits per heavy atom. The maximum absolute atomic E-state index is 5.03. The molecule has 1 aliphatic rings. The zero-order valence-electron chi connectivity index (χ0n) is 5.18. The van der Waals surface area contributed by atoms with Gasteiger partial charge in [0.1, 0.15) is 0 Å². The summed E-state index contributed by atoms with van der Waals surface area (Å²) in [7, 11) is 0. The fourth-order valence-electron chi connectivity index (χ4n) is 1.06. The largest absolute Gasteiger partial charge is 0.0894 e. The average molecular weight is 127 g/mol. The van der Waals surface area contributed by atoms with Crippen LogP contribution in [0.4, 0.5) is 0 Å². The van der Waals surface area contributed by atoms with Crippen LogP contribution in [0.15, 0.2) is 0 Å². The molecule has 1 saturated carbocycles. The summed E-state index contributed by atoms with van der Waals surface area (Å²) in [5.41, 5.74) is 0. The van der Waals surface area contributed by atoms with E-state index in [1.54, 1.807) is 0 Å². The van der Waals surface area contributed by atoms with Gasteiger partial charge in [-0.1, -0.05) is 19.1 Å². The first-order valence-corrected chi connectivity index (χ1v) is 3.56. The van der Waals surface area contributed by atoms with Gasteiger partial charge >= 0.3 is 0 Å². The van der Waals surface area contributed by atoms with Gasteiger partial charge in [0.25, 0.3) is 0 Å². The van der Waals surface area contributed by atoms with Crippen LogP contribution in [-0.2, 0) is 0 Å². The van der Waals surface area contributed by atoms with Crippen LogP contribution in [-0.4, -0.2) is 4.86 Å². The van der Waals surface area contributed by atoms with Crippen molar-refractivity contribution < 1.29 is 0 Å². The van der Waals surface area contributed by atoms with Gasteiger partial charge in [0.2, 0.25) is 0 Å². The van der Waals surface area contributed by atoms with Gasteiger partial charge in [-0.05, 0) is 36.5 Å². The van der Waals surface area contributed by atoms with Gasteiger partial charge in [0.05, 0.1) is 0 Å². The molecule has 1 rings (SSSR count).